The largest absolute Gasteiger partial charge is 0.445 e. The minimum Gasteiger partial charge on any atom is -0.445 e. The zero-order valence-electron chi connectivity index (χ0n) is 15.6. The van der Waals surface area contributed by atoms with Crippen LogP contribution in [0.5, 0.6) is 0 Å². The van der Waals surface area contributed by atoms with Crippen molar-refractivity contribution in [2.45, 2.75) is 58.3 Å². The zero-order valence-corrected chi connectivity index (χ0v) is 15.6. The maximum Gasteiger partial charge on any atom is 0.407 e. The number of amides is 2. The molecular formula is C19H28N2O5. The van der Waals surface area contributed by atoms with Gasteiger partial charge >= 0.3 is 12.2 Å². The van der Waals surface area contributed by atoms with E-state index in [1.165, 1.54) is 0 Å². The topological polar surface area (TPSA) is 93.7 Å². The standard InChI is InChI=1S/C19H28N2O5/c1-19(2,3)26-18(24)21-16(11-13-22)10-7-12-20-17(23)25-14-15-8-5-4-6-9-15/h4-6,8-9,13,16H,7,10-12,14H2,1-3H3,(H,20,23)(H,21,24)/t16-/m0/s1. The molecule has 0 unspecified atom stereocenters. The van der Waals surface area contributed by atoms with Gasteiger partial charge in [-0.25, -0.2) is 9.59 Å². The third-order valence-corrected chi connectivity index (χ3v) is 3.31. The summed E-state index contributed by atoms with van der Waals surface area (Å²) in [5.74, 6) is 0. The second-order valence-corrected chi connectivity index (χ2v) is 6.88. The molecule has 0 aromatic heterocycles. The average Bonchev–Trinajstić information content (AvgIpc) is 2.56. The molecule has 0 radical (unpaired) electrons. The van der Waals surface area contributed by atoms with Gasteiger partial charge in [-0.15, -0.1) is 0 Å². The highest BCUT2D eigenvalue weighted by atomic mass is 16.6. The van der Waals surface area contributed by atoms with Gasteiger partial charge in [0.1, 0.15) is 18.5 Å². The van der Waals surface area contributed by atoms with E-state index in [1.807, 2.05) is 30.3 Å². The molecule has 1 atom stereocenters. The van der Waals surface area contributed by atoms with Crippen molar-refractivity contribution in [3.05, 3.63) is 35.9 Å². The third-order valence-electron chi connectivity index (χ3n) is 3.31. The molecule has 0 saturated heterocycles. The van der Waals surface area contributed by atoms with Crippen molar-refractivity contribution < 1.29 is 23.9 Å². The summed E-state index contributed by atoms with van der Waals surface area (Å²) < 4.78 is 10.3. The lowest BCUT2D eigenvalue weighted by molar-refractivity contribution is -0.108. The number of rotatable bonds is 9. The Morgan fingerprint density at radius 1 is 1.15 bits per heavy atom. The Labute approximate surface area is 154 Å². The summed E-state index contributed by atoms with van der Waals surface area (Å²) in [7, 11) is 0. The molecule has 0 bridgehead atoms. The molecule has 2 amide bonds. The van der Waals surface area contributed by atoms with Crippen LogP contribution in [0, 0.1) is 0 Å². The first-order valence-electron chi connectivity index (χ1n) is 8.68. The predicted molar refractivity (Wildman–Crippen MR) is 97.7 cm³/mol. The van der Waals surface area contributed by atoms with Gasteiger partial charge in [0.15, 0.2) is 0 Å². The molecule has 0 aliphatic rings. The second kappa shape index (κ2) is 11.1. The van der Waals surface area contributed by atoms with E-state index >= 15 is 0 Å². The number of aldehydes is 1. The second-order valence-electron chi connectivity index (χ2n) is 6.88. The van der Waals surface area contributed by atoms with Gasteiger partial charge in [0, 0.05) is 19.0 Å². The number of ether oxygens (including phenoxy) is 2. The number of nitrogens with one attached hydrogen (secondary N) is 2. The van der Waals surface area contributed by atoms with Crippen LogP contribution in [-0.2, 0) is 20.9 Å². The van der Waals surface area contributed by atoms with Crippen LogP contribution in [0.1, 0.15) is 45.6 Å². The molecule has 2 N–H and O–H groups in total. The van der Waals surface area contributed by atoms with Gasteiger partial charge in [-0.3, -0.25) is 0 Å². The molecule has 0 spiro atoms. The van der Waals surface area contributed by atoms with E-state index in [0.29, 0.717) is 19.4 Å². The van der Waals surface area contributed by atoms with Crippen molar-refractivity contribution in [2.75, 3.05) is 6.54 Å². The van der Waals surface area contributed by atoms with E-state index in [0.717, 1.165) is 11.8 Å². The maximum atomic E-state index is 11.8. The molecule has 0 saturated carbocycles. The molecule has 0 fully saturated rings. The predicted octanol–water partition coefficient (Wildman–Crippen LogP) is 3.18. The van der Waals surface area contributed by atoms with Crippen LogP contribution in [0.15, 0.2) is 30.3 Å². The highest BCUT2D eigenvalue weighted by Crippen LogP contribution is 2.08. The Balaban J connectivity index is 2.24. The number of carbonyl (C=O) groups excluding carboxylic acids is 3. The molecule has 0 aliphatic carbocycles. The maximum absolute atomic E-state index is 11.8. The van der Waals surface area contributed by atoms with Crippen molar-refractivity contribution in [1.29, 1.82) is 0 Å². The van der Waals surface area contributed by atoms with Gasteiger partial charge in [-0.1, -0.05) is 30.3 Å². The lowest BCUT2D eigenvalue weighted by atomic mass is 10.1. The molecule has 1 aromatic carbocycles. The zero-order chi connectivity index (χ0) is 19.4. The average molecular weight is 364 g/mol. The molecule has 1 rings (SSSR count). The first kappa shape index (κ1) is 21.5. The van der Waals surface area contributed by atoms with Crippen LogP contribution < -0.4 is 10.6 Å². The first-order chi connectivity index (χ1) is 12.3. The summed E-state index contributed by atoms with van der Waals surface area (Å²) in [6.07, 6.45) is 1.02. The molecule has 0 aliphatic heterocycles. The van der Waals surface area contributed by atoms with Crippen molar-refractivity contribution in [3.63, 3.8) is 0 Å². The van der Waals surface area contributed by atoms with Crippen LogP contribution in [0.25, 0.3) is 0 Å². The molecule has 0 heterocycles. The quantitative estimate of drug-likeness (QED) is 0.518. The van der Waals surface area contributed by atoms with Gasteiger partial charge < -0.3 is 24.9 Å². The van der Waals surface area contributed by atoms with Gasteiger partial charge in [-0.05, 0) is 39.2 Å². The van der Waals surface area contributed by atoms with Crippen molar-refractivity contribution >= 4 is 18.5 Å². The minimum atomic E-state index is -0.597. The lowest BCUT2D eigenvalue weighted by Gasteiger charge is -2.22. The van der Waals surface area contributed by atoms with Crippen molar-refractivity contribution in [1.82, 2.24) is 10.6 Å². The van der Waals surface area contributed by atoms with E-state index in [1.54, 1.807) is 20.8 Å². The van der Waals surface area contributed by atoms with Crippen LogP contribution >= 0.6 is 0 Å². The van der Waals surface area contributed by atoms with Gasteiger partial charge in [-0.2, -0.15) is 0 Å². The summed E-state index contributed by atoms with van der Waals surface area (Å²) in [5.41, 5.74) is 0.315. The lowest BCUT2D eigenvalue weighted by Crippen LogP contribution is -2.39. The first-order valence-corrected chi connectivity index (χ1v) is 8.68. The smallest absolute Gasteiger partial charge is 0.407 e. The van der Waals surface area contributed by atoms with Crippen LogP contribution in [-0.4, -0.2) is 36.7 Å². The number of benzene rings is 1. The highest BCUT2D eigenvalue weighted by molar-refractivity contribution is 5.69. The number of carbonyl (C=O) groups is 3. The van der Waals surface area contributed by atoms with Crippen LogP contribution in [0.3, 0.4) is 0 Å². The normalized spacial score (nSPS) is 12.0. The van der Waals surface area contributed by atoms with E-state index in [9.17, 15) is 14.4 Å². The van der Waals surface area contributed by atoms with E-state index in [-0.39, 0.29) is 19.1 Å². The fraction of sp³-hybridized carbons (Fsp3) is 0.526. The molecular weight excluding hydrogens is 336 g/mol. The molecule has 26 heavy (non-hydrogen) atoms. The van der Waals surface area contributed by atoms with Crippen molar-refractivity contribution in [3.8, 4) is 0 Å². The number of hydrogen-bond donors (Lipinski definition) is 2. The van der Waals surface area contributed by atoms with E-state index < -0.39 is 17.8 Å². The number of hydrogen-bond acceptors (Lipinski definition) is 5. The Morgan fingerprint density at radius 3 is 2.46 bits per heavy atom. The molecule has 7 nitrogen and oxygen atoms in total. The highest BCUT2D eigenvalue weighted by Gasteiger charge is 2.19. The fourth-order valence-corrected chi connectivity index (χ4v) is 2.15. The summed E-state index contributed by atoms with van der Waals surface area (Å²) in [6, 6.07) is 9.07. The third kappa shape index (κ3) is 10.3. The Bertz CT molecular complexity index is 569. The summed E-state index contributed by atoms with van der Waals surface area (Å²) in [5, 5.41) is 5.32. The van der Waals surface area contributed by atoms with Crippen molar-refractivity contribution in [2.24, 2.45) is 0 Å². The molecule has 1 aromatic rings. The monoisotopic (exact) mass is 364 g/mol. The Kier molecular flexibility index (Phi) is 9.19. The molecule has 7 heteroatoms. The minimum absolute atomic E-state index is 0.192. The van der Waals surface area contributed by atoms with Crippen LogP contribution in [0.2, 0.25) is 0 Å². The molecule has 144 valence electrons. The summed E-state index contributed by atoms with van der Waals surface area (Å²) >= 11 is 0. The van der Waals surface area contributed by atoms with Crippen LogP contribution in [0.4, 0.5) is 9.59 Å². The Morgan fingerprint density at radius 2 is 1.85 bits per heavy atom. The van der Waals surface area contributed by atoms with Gasteiger partial charge in [0.05, 0.1) is 0 Å². The van der Waals surface area contributed by atoms with E-state index in [2.05, 4.69) is 10.6 Å². The van der Waals surface area contributed by atoms with Gasteiger partial charge in [0.2, 0.25) is 0 Å². The fourth-order valence-electron chi connectivity index (χ4n) is 2.15. The number of alkyl carbamates (subject to hydrolysis) is 2. The van der Waals surface area contributed by atoms with E-state index in [4.69, 9.17) is 9.47 Å². The van der Waals surface area contributed by atoms with Gasteiger partial charge in [0.25, 0.3) is 0 Å². The SMILES string of the molecule is CC(C)(C)OC(=O)N[C@H](CC=O)CCCNC(=O)OCc1ccccc1. The summed E-state index contributed by atoms with van der Waals surface area (Å²) in [6.45, 7) is 5.91. The summed E-state index contributed by atoms with van der Waals surface area (Å²) in [4.78, 5) is 34.2. The Hall–Kier alpha value is -2.57.